The van der Waals surface area contributed by atoms with E-state index >= 15 is 0 Å². The third kappa shape index (κ3) is 8.44. The molecule has 0 atom stereocenters. The van der Waals surface area contributed by atoms with E-state index in [1.54, 1.807) is 4.90 Å². The summed E-state index contributed by atoms with van der Waals surface area (Å²) in [4.78, 5) is 13.8. The van der Waals surface area contributed by atoms with Crippen LogP contribution in [0.3, 0.4) is 0 Å². The predicted octanol–water partition coefficient (Wildman–Crippen LogP) is 6.26. The SMILES string of the molecule is CC.CC(C)(C)OC(=O)N1CCC(C#N)(c2ccccc2)CC1.N#CCc1ccccc1. The predicted molar refractivity (Wildman–Crippen MR) is 128 cm³/mol. The van der Waals surface area contributed by atoms with Crippen LogP contribution in [0.2, 0.25) is 0 Å². The summed E-state index contributed by atoms with van der Waals surface area (Å²) in [6.45, 7) is 10.7. The Morgan fingerprint density at radius 3 is 1.91 bits per heavy atom. The minimum atomic E-state index is -0.486. The molecule has 0 bridgehead atoms. The minimum absolute atomic E-state index is 0.290. The quantitative estimate of drug-likeness (QED) is 0.560. The lowest BCUT2D eigenvalue weighted by atomic mass is 9.74. The van der Waals surface area contributed by atoms with Crippen molar-refractivity contribution in [1.82, 2.24) is 4.90 Å². The summed E-state index contributed by atoms with van der Waals surface area (Å²) in [6.07, 6.45) is 1.52. The largest absolute Gasteiger partial charge is 0.444 e. The van der Waals surface area contributed by atoms with Gasteiger partial charge in [-0.15, -0.1) is 0 Å². The number of amides is 1. The highest BCUT2D eigenvalue weighted by Gasteiger charge is 2.38. The summed E-state index contributed by atoms with van der Waals surface area (Å²) in [5.41, 5.74) is 1.15. The number of hydrogen-bond donors (Lipinski definition) is 0. The second-order valence-electron chi connectivity index (χ2n) is 8.35. The number of hydrogen-bond acceptors (Lipinski definition) is 4. The van der Waals surface area contributed by atoms with Crippen LogP contribution >= 0.6 is 0 Å². The number of rotatable bonds is 2. The Labute approximate surface area is 193 Å². The summed E-state index contributed by atoms with van der Waals surface area (Å²) >= 11 is 0. The third-order valence-corrected chi connectivity index (χ3v) is 4.94. The number of ether oxygens (including phenoxy) is 1. The lowest BCUT2D eigenvalue weighted by molar-refractivity contribution is 0.0185. The van der Waals surface area contributed by atoms with Gasteiger partial charge < -0.3 is 9.64 Å². The second-order valence-corrected chi connectivity index (χ2v) is 8.35. The standard InChI is InChI=1S/C17H22N2O2.C8H7N.C2H6/c1-16(2,3)21-15(20)19-11-9-17(13-18,10-12-19)14-7-5-4-6-8-14;9-7-6-8-4-2-1-3-5-8;1-2/h4-8H,9-12H2,1-3H3;1-5H,6H2;1-2H3. The van der Waals surface area contributed by atoms with Gasteiger partial charge in [-0.05, 0) is 44.7 Å². The van der Waals surface area contributed by atoms with E-state index in [4.69, 9.17) is 10.00 Å². The molecule has 2 aromatic rings. The van der Waals surface area contributed by atoms with Crippen LogP contribution in [0.15, 0.2) is 60.7 Å². The number of carbonyl (C=O) groups excluding carboxylic acids is 1. The fourth-order valence-electron chi connectivity index (χ4n) is 3.31. The van der Waals surface area contributed by atoms with Gasteiger partial charge in [-0.1, -0.05) is 74.5 Å². The zero-order chi connectivity index (χ0) is 24.0. The molecule has 1 aliphatic rings. The van der Waals surface area contributed by atoms with Gasteiger partial charge >= 0.3 is 6.09 Å². The van der Waals surface area contributed by atoms with E-state index in [0.29, 0.717) is 32.4 Å². The van der Waals surface area contributed by atoms with Crippen LogP contribution in [-0.2, 0) is 16.6 Å². The molecule has 0 spiro atoms. The molecule has 0 radical (unpaired) electrons. The zero-order valence-electron chi connectivity index (χ0n) is 20.0. The Morgan fingerprint density at radius 1 is 0.969 bits per heavy atom. The van der Waals surface area contributed by atoms with Crippen molar-refractivity contribution in [1.29, 1.82) is 10.5 Å². The third-order valence-electron chi connectivity index (χ3n) is 4.94. The number of nitrogens with zero attached hydrogens (tertiary/aromatic N) is 3. The maximum absolute atomic E-state index is 12.1. The van der Waals surface area contributed by atoms with Crippen LogP contribution in [0.5, 0.6) is 0 Å². The highest BCUT2D eigenvalue weighted by atomic mass is 16.6. The first-order valence-corrected chi connectivity index (χ1v) is 11.2. The first-order valence-electron chi connectivity index (χ1n) is 11.2. The van der Waals surface area contributed by atoms with Gasteiger partial charge in [0, 0.05) is 13.1 Å². The van der Waals surface area contributed by atoms with E-state index in [-0.39, 0.29) is 6.09 Å². The number of piperidine rings is 1. The fourth-order valence-corrected chi connectivity index (χ4v) is 3.31. The molecule has 1 heterocycles. The molecule has 1 saturated heterocycles. The molecule has 2 aromatic carbocycles. The molecular weight excluding hydrogens is 398 g/mol. The van der Waals surface area contributed by atoms with Gasteiger partial charge in [0.25, 0.3) is 0 Å². The molecule has 0 aromatic heterocycles. The van der Waals surface area contributed by atoms with Crippen molar-refractivity contribution in [3.63, 3.8) is 0 Å². The Morgan fingerprint density at radius 2 is 1.47 bits per heavy atom. The number of nitriles is 2. The van der Waals surface area contributed by atoms with Crippen LogP contribution in [0.25, 0.3) is 0 Å². The van der Waals surface area contributed by atoms with Crippen LogP contribution in [0.1, 0.15) is 58.6 Å². The van der Waals surface area contributed by atoms with Crippen molar-refractivity contribution in [2.75, 3.05) is 13.1 Å². The average molecular weight is 434 g/mol. The number of likely N-dealkylation sites (tertiary alicyclic amines) is 1. The molecule has 5 heteroatoms. The van der Waals surface area contributed by atoms with Gasteiger partial charge in [0.2, 0.25) is 0 Å². The molecule has 0 unspecified atom stereocenters. The molecule has 0 N–H and O–H groups in total. The van der Waals surface area contributed by atoms with Gasteiger partial charge in [-0.3, -0.25) is 0 Å². The molecular formula is C27H35N3O2. The van der Waals surface area contributed by atoms with Crippen molar-refractivity contribution >= 4 is 6.09 Å². The highest BCUT2D eigenvalue weighted by molar-refractivity contribution is 5.68. The maximum atomic E-state index is 12.1. The van der Waals surface area contributed by atoms with E-state index in [2.05, 4.69) is 12.1 Å². The Hall–Kier alpha value is -3.31. The van der Waals surface area contributed by atoms with Gasteiger partial charge in [0.05, 0.1) is 24.0 Å². The number of benzene rings is 2. The molecule has 170 valence electrons. The zero-order valence-corrected chi connectivity index (χ0v) is 20.0. The summed E-state index contributed by atoms with van der Waals surface area (Å²) in [6, 6.07) is 24.1. The van der Waals surface area contributed by atoms with Crippen molar-refractivity contribution < 1.29 is 9.53 Å². The monoisotopic (exact) mass is 433 g/mol. The second kappa shape index (κ2) is 13.2. The van der Waals surface area contributed by atoms with Crippen molar-refractivity contribution in [3.8, 4) is 12.1 Å². The molecule has 1 fully saturated rings. The van der Waals surface area contributed by atoms with Crippen LogP contribution in [0, 0.1) is 22.7 Å². The summed E-state index contributed by atoms with van der Waals surface area (Å²) in [7, 11) is 0. The van der Waals surface area contributed by atoms with E-state index in [9.17, 15) is 10.1 Å². The highest BCUT2D eigenvalue weighted by Crippen LogP contribution is 2.35. The van der Waals surface area contributed by atoms with E-state index < -0.39 is 11.0 Å². The van der Waals surface area contributed by atoms with Crippen LogP contribution in [-0.4, -0.2) is 29.7 Å². The van der Waals surface area contributed by atoms with Gasteiger partial charge in [0.15, 0.2) is 0 Å². The summed E-state index contributed by atoms with van der Waals surface area (Å²) in [5.74, 6) is 0. The van der Waals surface area contributed by atoms with E-state index in [1.807, 2.05) is 95.3 Å². The molecule has 5 nitrogen and oxygen atoms in total. The number of carbonyl (C=O) groups is 1. The van der Waals surface area contributed by atoms with E-state index in [1.165, 1.54) is 0 Å². The average Bonchev–Trinajstić information content (AvgIpc) is 2.81. The minimum Gasteiger partial charge on any atom is -0.444 e. The van der Waals surface area contributed by atoms with Crippen molar-refractivity contribution in [3.05, 3.63) is 71.8 Å². The van der Waals surface area contributed by atoms with Gasteiger partial charge in [0.1, 0.15) is 5.60 Å². The first-order chi connectivity index (χ1) is 15.3. The van der Waals surface area contributed by atoms with Crippen molar-refractivity contribution in [2.24, 2.45) is 0 Å². The summed E-state index contributed by atoms with van der Waals surface area (Å²) in [5, 5.41) is 17.9. The Kier molecular flexibility index (Phi) is 11.0. The molecule has 0 saturated carbocycles. The lowest BCUT2D eigenvalue weighted by Gasteiger charge is -2.38. The normalized spacial score (nSPS) is 14.3. The lowest BCUT2D eigenvalue weighted by Crippen LogP contribution is -2.46. The Bertz CT molecular complexity index is 882. The molecule has 32 heavy (non-hydrogen) atoms. The molecule has 1 aliphatic heterocycles. The van der Waals surface area contributed by atoms with Crippen molar-refractivity contribution in [2.45, 2.75) is 64.9 Å². The van der Waals surface area contributed by atoms with Gasteiger partial charge in [-0.2, -0.15) is 10.5 Å². The molecule has 1 amide bonds. The van der Waals surface area contributed by atoms with E-state index in [0.717, 1.165) is 11.1 Å². The summed E-state index contributed by atoms with van der Waals surface area (Å²) < 4.78 is 5.39. The van der Waals surface area contributed by atoms with Crippen LogP contribution in [0.4, 0.5) is 4.79 Å². The smallest absolute Gasteiger partial charge is 0.410 e. The first kappa shape index (κ1) is 26.7. The Balaban J connectivity index is 0.000000388. The van der Waals surface area contributed by atoms with Crippen LogP contribution < -0.4 is 0 Å². The molecule has 3 rings (SSSR count). The fraction of sp³-hybridized carbons (Fsp3) is 0.444. The maximum Gasteiger partial charge on any atom is 0.410 e. The van der Waals surface area contributed by atoms with Gasteiger partial charge in [-0.25, -0.2) is 4.79 Å². The topological polar surface area (TPSA) is 77.1 Å². The molecule has 0 aliphatic carbocycles.